The second-order valence-corrected chi connectivity index (χ2v) is 8.72. The van der Waals surface area contributed by atoms with E-state index in [2.05, 4.69) is 53.1 Å². The molecular formula is C28H29FN2. The summed E-state index contributed by atoms with van der Waals surface area (Å²) in [6.45, 7) is 0.795. The zero-order chi connectivity index (χ0) is 21.2. The molecule has 0 unspecified atom stereocenters. The Morgan fingerprint density at radius 3 is 2.32 bits per heavy atom. The molecule has 0 radical (unpaired) electrons. The van der Waals surface area contributed by atoms with Gasteiger partial charge < -0.3 is 10.6 Å². The minimum atomic E-state index is -0.190. The number of hydrogen-bond acceptors (Lipinski definition) is 2. The van der Waals surface area contributed by atoms with Crippen molar-refractivity contribution < 1.29 is 4.39 Å². The lowest BCUT2D eigenvalue weighted by Gasteiger charge is -2.20. The zero-order valence-corrected chi connectivity index (χ0v) is 18.0. The molecule has 0 bridgehead atoms. The SMILES string of the molecule is CNCC1=C(c2ccc(F)cc2)Cc2cc(NC3CCCC3)c(-c3ccccc3)cc21. The van der Waals surface area contributed by atoms with Gasteiger partial charge in [0.1, 0.15) is 5.82 Å². The van der Waals surface area contributed by atoms with Gasteiger partial charge in [-0.3, -0.25) is 0 Å². The molecule has 3 heteroatoms. The molecule has 0 heterocycles. The molecular weight excluding hydrogens is 383 g/mol. The quantitative estimate of drug-likeness (QED) is 0.481. The number of hydrogen-bond donors (Lipinski definition) is 2. The molecule has 3 aromatic rings. The van der Waals surface area contributed by atoms with Gasteiger partial charge >= 0.3 is 0 Å². The van der Waals surface area contributed by atoms with Crippen LogP contribution >= 0.6 is 0 Å². The Morgan fingerprint density at radius 1 is 0.871 bits per heavy atom. The fourth-order valence-electron chi connectivity index (χ4n) is 5.10. The standard InChI is InChI=1S/C28H29FN2/c1-30-18-27-24(20-11-13-22(29)14-12-20)15-21-16-28(31-23-9-5-6-10-23)26(17-25(21)27)19-7-3-2-4-8-19/h2-4,7-8,11-14,16-17,23,30-31H,5-6,9-10,15,18H2,1H3. The van der Waals surface area contributed by atoms with E-state index in [9.17, 15) is 4.39 Å². The van der Waals surface area contributed by atoms with Crippen molar-refractivity contribution in [3.05, 3.63) is 89.2 Å². The molecule has 0 atom stereocenters. The molecule has 2 aliphatic carbocycles. The Hall–Kier alpha value is -2.91. The van der Waals surface area contributed by atoms with Crippen molar-refractivity contribution in [1.29, 1.82) is 0 Å². The van der Waals surface area contributed by atoms with E-state index < -0.39 is 0 Å². The van der Waals surface area contributed by atoms with Crippen LogP contribution in [0, 0.1) is 5.82 Å². The summed E-state index contributed by atoms with van der Waals surface area (Å²) in [6.07, 6.45) is 5.99. The Kier molecular flexibility index (Phi) is 5.61. The van der Waals surface area contributed by atoms with Crippen LogP contribution in [0.25, 0.3) is 22.3 Å². The van der Waals surface area contributed by atoms with Gasteiger partial charge in [0.05, 0.1) is 0 Å². The third kappa shape index (κ3) is 4.03. The minimum Gasteiger partial charge on any atom is -0.382 e. The van der Waals surface area contributed by atoms with E-state index in [1.807, 2.05) is 19.2 Å². The topological polar surface area (TPSA) is 24.1 Å². The van der Waals surface area contributed by atoms with Gasteiger partial charge in [-0.2, -0.15) is 0 Å². The number of anilines is 1. The molecule has 0 spiro atoms. The highest BCUT2D eigenvalue weighted by Crippen LogP contribution is 2.43. The average Bonchev–Trinajstić information content (AvgIpc) is 3.43. The highest BCUT2D eigenvalue weighted by atomic mass is 19.1. The highest BCUT2D eigenvalue weighted by molar-refractivity contribution is 6.00. The summed E-state index contributed by atoms with van der Waals surface area (Å²) in [7, 11) is 1.99. The number of rotatable bonds is 6. The molecule has 0 aliphatic heterocycles. The summed E-state index contributed by atoms with van der Waals surface area (Å²) in [5.74, 6) is -0.190. The first kappa shape index (κ1) is 20.0. The molecule has 31 heavy (non-hydrogen) atoms. The van der Waals surface area contributed by atoms with Crippen molar-refractivity contribution in [3.8, 4) is 11.1 Å². The normalized spacial score (nSPS) is 16.1. The first-order valence-electron chi connectivity index (χ1n) is 11.3. The Bertz CT molecular complexity index is 1090. The van der Waals surface area contributed by atoms with Crippen LogP contribution in [0.15, 0.2) is 66.7 Å². The van der Waals surface area contributed by atoms with Crippen molar-refractivity contribution >= 4 is 16.8 Å². The molecule has 1 fully saturated rings. The molecule has 2 nitrogen and oxygen atoms in total. The molecule has 3 aromatic carbocycles. The zero-order valence-electron chi connectivity index (χ0n) is 18.0. The van der Waals surface area contributed by atoms with Gasteiger partial charge in [0, 0.05) is 23.8 Å². The van der Waals surface area contributed by atoms with Gasteiger partial charge in [0.15, 0.2) is 0 Å². The summed E-state index contributed by atoms with van der Waals surface area (Å²) in [5.41, 5.74) is 10.1. The van der Waals surface area contributed by atoms with Crippen LogP contribution in [0.4, 0.5) is 10.1 Å². The number of halogens is 1. The fraction of sp³-hybridized carbons (Fsp3) is 0.286. The van der Waals surface area contributed by atoms with Crippen molar-refractivity contribution in [2.45, 2.75) is 38.1 Å². The second-order valence-electron chi connectivity index (χ2n) is 8.72. The second kappa shape index (κ2) is 8.68. The molecule has 0 aromatic heterocycles. The summed E-state index contributed by atoms with van der Waals surface area (Å²) >= 11 is 0. The van der Waals surface area contributed by atoms with Crippen LogP contribution in [0.1, 0.15) is 42.4 Å². The molecule has 5 rings (SSSR count). The number of fused-ring (bicyclic) bond motifs is 1. The lowest BCUT2D eigenvalue weighted by molar-refractivity contribution is 0.627. The molecule has 1 saturated carbocycles. The lowest BCUT2D eigenvalue weighted by Crippen LogP contribution is -2.15. The third-order valence-corrected chi connectivity index (χ3v) is 6.65. The van der Waals surface area contributed by atoms with E-state index in [1.54, 1.807) is 12.1 Å². The van der Waals surface area contributed by atoms with Crippen LogP contribution in [-0.4, -0.2) is 19.6 Å². The van der Waals surface area contributed by atoms with Crippen LogP contribution in [0.3, 0.4) is 0 Å². The van der Waals surface area contributed by atoms with E-state index in [-0.39, 0.29) is 5.82 Å². The summed E-state index contributed by atoms with van der Waals surface area (Å²) in [6, 6.07) is 22.9. The van der Waals surface area contributed by atoms with E-state index in [0.29, 0.717) is 6.04 Å². The maximum Gasteiger partial charge on any atom is 0.123 e. The predicted molar refractivity (Wildman–Crippen MR) is 129 cm³/mol. The van der Waals surface area contributed by atoms with Crippen LogP contribution < -0.4 is 10.6 Å². The fourth-order valence-corrected chi connectivity index (χ4v) is 5.10. The van der Waals surface area contributed by atoms with Crippen molar-refractivity contribution in [2.75, 3.05) is 18.9 Å². The summed E-state index contributed by atoms with van der Waals surface area (Å²) < 4.78 is 13.5. The maximum atomic E-state index is 13.5. The van der Waals surface area contributed by atoms with Crippen molar-refractivity contribution in [3.63, 3.8) is 0 Å². The van der Waals surface area contributed by atoms with E-state index in [4.69, 9.17) is 0 Å². The lowest BCUT2D eigenvalue weighted by atomic mass is 9.95. The van der Waals surface area contributed by atoms with E-state index >= 15 is 0 Å². The number of allylic oxidation sites excluding steroid dienone is 1. The van der Waals surface area contributed by atoms with E-state index in [1.165, 1.54) is 64.8 Å². The predicted octanol–water partition coefficient (Wildman–Crippen LogP) is 6.53. The van der Waals surface area contributed by atoms with Crippen LogP contribution in [0.2, 0.25) is 0 Å². The smallest absolute Gasteiger partial charge is 0.123 e. The number of nitrogens with one attached hydrogen (secondary N) is 2. The average molecular weight is 413 g/mol. The minimum absolute atomic E-state index is 0.190. The van der Waals surface area contributed by atoms with Gasteiger partial charge in [-0.15, -0.1) is 0 Å². The number of likely N-dealkylation sites (N-methyl/N-ethyl adjacent to an activating group) is 1. The first-order chi connectivity index (χ1) is 15.2. The highest BCUT2D eigenvalue weighted by Gasteiger charge is 2.25. The van der Waals surface area contributed by atoms with E-state index in [0.717, 1.165) is 18.5 Å². The largest absolute Gasteiger partial charge is 0.382 e. The monoisotopic (exact) mass is 412 g/mol. The van der Waals surface area contributed by atoms with Gasteiger partial charge in [0.2, 0.25) is 0 Å². The van der Waals surface area contributed by atoms with Crippen LogP contribution in [0.5, 0.6) is 0 Å². The van der Waals surface area contributed by atoms with Gasteiger partial charge in [-0.25, -0.2) is 4.39 Å². The number of benzene rings is 3. The Labute approximate surface area is 184 Å². The molecule has 158 valence electrons. The van der Waals surface area contributed by atoms with Crippen molar-refractivity contribution in [2.24, 2.45) is 0 Å². The van der Waals surface area contributed by atoms with Crippen LogP contribution in [-0.2, 0) is 6.42 Å². The summed E-state index contributed by atoms with van der Waals surface area (Å²) in [5, 5.41) is 7.21. The van der Waals surface area contributed by atoms with Gasteiger partial charge in [-0.05, 0) is 84.0 Å². The van der Waals surface area contributed by atoms with Gasteiger partial charge in [0.25, 0.3) is 0 Å². The van der Waals surface area contributed by atoms with Crippen molar-refractivity contribution in [1.82, 2.24) is 5.32 Å². The molecule has 2 N–H and O–H groups in total. The molecule has 2 aliphatic rings. The Balaban J connectivity index is 1.61. The summed E-state index contributed by atoms with van der Waals surface area (Å²) in [4.78, 5) is 0. The first-order valence-corrected chi connectivity index (χ1v) is 11.3. The van der Waals surface area contributed by atoms with Gasteiger partial charge in [-0.1, -0.05) is 55.3 Å². The third-order valence-electron chi connectivity index (χ3n) is 6.65. The molecule has 0 saturated heterocycles. The Morgan fingerprint density at radius 2 is 1.61 bits per heavy atom. The molecule has 0 amide bonds. The maximum absolute atomic E-state index is 13.5.